The van der Waals surface area contributed by atoms with Crippen molar-refractivity contribution in [3.05, 3.63) is 94.6 Å². The highest BCUT2D eigenvalue weighted by Crippen LogP contribution is 2.53. The summed E-state index contributed by atoms with van der Waals surface area (Å²) in [4.78, 5) is 128. The maximum absolute atomic E-state index is 16.0. The van der Waals surface area contributed by atoms with Gasteiger partial charge in [-0.1, -0.05) is 24.6 Å². The number of likely N-dealkylation sites (tertiary alicyclic amines) is 3. The van der Waals surface area contributed by atoms with Crippen LogP contribution in [0.1, 0.15) is 166 Å². The molecule has 6 fully saturated rings. The van der Waals surface area contributed by atoms with Gasteiger partial charge in [0.2, 0.25) is 29.5 Å². The van der Waals surface area contributed by atoms with E-state index in [4.69, 9.17) is 9.97 Å². The minimum Gasteiger partial charge on any atom is -0.382 e. The number of carbonyl (C=O) groups is 8. The number of halogens is 1. The smallest absolute Gasteiger partial charge is 0.264 e. The summed E-state index contributed by atoms with van der Waals surface area (Å²) >= 11 is 0. The van der Waals surface area contributed by atoms with Crippen LogP contribution in [-0.4, -0.2) is 151 Å². The summed E-state index contributed by atoms with van der Waals surface area (Å²) in [5.74, 6) is -3.12. The lowest BCUT2D eigenvalue weighted by Gasteiger charge is -2.48. The summed E-state index contributed by atoms with van der Waals surface area (Å²) in [6.45, 7) is 13.3. The second kappa shape index (κ2) is 22.9. The Morgan fingerprint density at radius 3 is 2.23 bits per heavy atom. The summed E-state index contributed by atoms with van der Waals surface area (Å²) in [6.07, 6.45) is 11.3. The number of aryl methyl sites for hydroxylation is 1. The number of hydrogen-bond acceptors (Lipinski definition) is 13. The van der Waals surface area contributed by atoms with Crippen LogP contribution in [0.3, 0.4) is 0 Å². The van der Waals surface area contributed by atoms with Crippen molar-refractivity contribution in [3.8, 4) is 11.3 Å². The van der Waals surface area contributed by atoms with Gasteiger partial charge in [0.1, 0.15) is 17.4 Å². The van der Waals surface area contributed by atoms with E-state index in [1.807, 2.05) is 54.2 Å². The van der Waals surface area contributed by atoms with Crippen molar-refractivity contribution in [2.45, 2.75) is 166 Å². The van der Waals surface area contributed by atoms with Crippen molar-refractivity contribution < 1.29 is 42.7 Å². The van der Waals surface area contributed by atoms with E-state index < -0.39 is 40.9 Å². The van der Waals surface area contributed by atoms with E-state index in [1.165, 1.54) is 31.4 Å². The molecule has 8 amide bonds. The van der Waals surface area contributed by atoms with Crippen LogP contribution < -0.4 is 26.2 Å². The molecule has 21 heteroatoms. The standard InChI is InChI=1S/C66H77FN12O8/c1-36(2)69-59(81)46-32-51(48(67)28-38(46)5)72-58-57-52(68-35-77(57)37(3)4)33-50(71-58)40-14-17-47-54(29-40)78(44-30-43(31-44)74-23-7-6-8-24-74)65(87)66(47)21-26-75(27-22-66)62(84)41-20-25-76(34-41)61(83)39-12-15-42(16-13-39)70-49-11-9-10-45-56(49)64(86)79(63(45)85)53-18-19-55(80)73-60(53)82/h9-11,14,17,28-29,32-33,35-37,39,41-44,53,70H,6-8,12-13,15-16,18-27,30-31,34H2,1-5H3,(H,69,81)(H,71,72)(H,73,80,82)/t39-,41?,42+,43-,44+,53?. The number of rotatable bonds is 13. The van der Waals surface area contributed by atoms with Crippen LogP contribution >= 0.6 is 0 Å². The van der Waals surface area contributed by atoms with Gasteiger partial charge < -0.3 is 40.1 Å². The van der Waals surface area contributed by atoms with Crippen LogP contribution in [0.25, 0.3) is 22.3 Å². The largest absolute Gasteiger partial charge is 0.382 e. The molecule has 13 rings (SSSR count). The number of hydrogen-bond donors (Lipinski definition) is 4. The molecule has 8 heterocycles. The quantitative estimate of drug-likeness (QED) is 0.0817. The van der Waals surface area contributed by atoms with Crippen molar-refractivity contribution >= 4 is 81.2 Å². The molecule has 20 nitrogen and oxygen atoms in total. The van der Waals surface area contributed by atoms with Gasteiger partial charge in [0.15, 0.2) is 5.82 Å². The zero-order chi connectivity index (χ0) is 60.7. The lowest BCUT2D eigenvalue weighted by atomic mass is 9.73. The monoisotopic (exact) mass is 1180 g/mol. The third-order valence-corrected chi connectivity index (χ3v) is 20.1. The minimum atomic E-state index is -1.06. The Morgan fingerprint density at radius 2 is 1.51 bits per heavy atom. The second-order valence-electron chi connectivity index (χ2n) is 26.2. The maximum atomic E-state index is 16.0. The molecule has 2 unspecified atom stereocenters. The van der Waals surface area contributed by atoms with Crippen LogP contribution in [0, 0.1) is 24.6 Å². The number of benzene rings is 3. The van der Waals surface area contributed by atoms with Gasteiger partial charge in [0.05, 0.1) is 45.7 Å². The number of fused-ring (bicyclic) bond motifs is 4. The summed E-state index contributed by atoms with van der Waals surface area (Å²) in [5.41, 5.74) is 5.54. The molecule has 87 heavy (non-hydrogen) atoms. The molecular weight excluding hydrogens is 1110 g/mol. The molecule has 8 aliphatic rings. The zero-order valence-electron chi connectivity index (χ0n) is 50.3. The van der Waals surface area contributed by atoms with Crippen molar-refractivity contribution in [2.24, 2.45) is 11.8 Å². The Bertz CT molecular complexity index is 3660. The Labute approximate surface area is 505 Å². The van der Waals surface area contributed by atoms with E-state index in [2.05, 4.69) is 43.2 Å². The average molecular weight is 1190 g/mol. The molecule has 4 N–H and O–H groups in total. The Balaban J connectivity index is 0.691. The fourth-order valence-corrected chi connectivity index (χ4v) is 15.2. The van der Waals surface area contributed by atoms with Crippen molar-refractivity contribution in [3.63, 3.8) is 0 Å². The third-order valence-electron chi connectivity index (χ3n) is 20.1. The Morgan fingerprint density at radius 1 is 0.759 bits per heavy atom. The number of imide groups is 2. The molecule has 2 atom stereocenters. The molecule has 4 saturated heterocycles. The summed E-state index contributed by atoms with van der Waals surface area (Å²) in [7, 11) is 0. The summed E-state index contributed by atoms with van der Waals surface area (Å²) in [5, 5.41) is 11.9. The van der Waals surface area contributed by atoms with Gasteiger partial charge in [0.25, 0.3) is 17.7 Å². The topological polar surface area (TPSA) is 232 Å². The first kappa shape index (κ1) is 58.0. The highest BCUT2D eigenvalue weighted by atomic mass is 19.1. The summed E-state index contributed by atoms with van der Waals surface area (Å²) < 4.78 is 18.0. The molecule has 3 aromatic carbocycles. The van der Waals surface area contributed by atoms with Crippen molar-refractivity contribution in [2.75, 3.05) is 54.8 Å². The molecule has 2 aromatic heterocycles. The van der Waals surface area contributed by atoms with E-state index in [9.17, 15) is 33.6 Å². The molecule has 2 saturated carbocycles. The number of nitrogens with one attached hydrogen (secondary N) is 4. The molecule has 6 aliphatic heterocycles. The fraction of sp³-hybridized carbons (Fsp3) is 0.515. The number of pyridine rings is 1. The zero-order valence-corrected chi connectivity index (χ0v) is 50.3. The number of aromatic nitrogens is 3. The van der Waals surface area contributed by atoms with E-state index in [1.54, 1.807) is 31.5 Å². The molecule has 0 bridgehead atoms. The first-order valence-corrected chi connectivity index (χ1v) is 31.5. The van der Waals surface area contributed by atoms with Gasteiger partial charge >= 0.3 is 0 Å². The van der Waals surface area contributed by atoms with Crippen LogP contribution in [0.5, 0.6) is 0 Å². The van der Waals surface area contributed by atoms with Crippen LogP contribution in [0.15, 0.2) is 60.9 Å². The molecule has 2 aliphatic carbocycles. The van der Waals surface area contributed by atoms with E-state index >= 15 is 9.18 Å². The first-order valence-electron chi connectivity index (χ1n) is 31.5. The van der Waals surface area contributed by atoms with Gasteiger partial charge in [-0.15, -0.1) is 0 Å². The number of amides is 8. The number of nitrogens with zero attached hydrogens (tertiary/aromatic N) is 8. The third kappa shape index (κ3) is 10.4. The average Bonchev–Trinajstić information content (AvgIpc) is 1.58. The Hall–Kier alpha value is -8.07. The van der Waals surface area contributed by atoms with E-state index in [0.29, 0.717) is 117 Å². The maximum Gasteiger partial charge on any atom is 0.264 e. The molecule has 5 aromatic rings. The van der Waals surface area contributed by atoms with Gasteiger partial charge in [-0.3, -0.25) is 48.6 Å². The predicted molar refractivity (Wildman–Crippen MR) is 325 cm³/mol. The van der Waals surface area contributed by atoms with Gasteiger partial charge in [-0.2, -0.15) is 0 Å². The number of anilines is 4. The van der Waals surface area contributed by atoms with Gasteiger partial charge in [0, 0.05) is 91.2 Å². The van der Waals surface area contributed by atoms with E-state index in [0.717, 1.165) is 47.6 Å². The molecule has 456 valence electrons. The SMILES string of the molecule is Cc1cc(F)c(Nc2nc(-c3ccc4c(c3)N([C@H]3C[C@@H](N5CCCCC5)C3)C(=O)C43CCN(C(=O)C4CCN(C(=O)[C@H]5CC[C@@H](Nc6cccc7c6C(=O)N(C6CCC(=O)NC6=O)C7=O)CC5)C4)CC3)cc3ncn(C(C)C)c23)cc1C(=O)NC(C)C. The first-order chi connectivity index (χ1) is 41.8. The fourth-order valence-electron chi connectivity index (χ4n) is 15.2. The highest BCUT2D eigenvalue weighted by molar-refractivity contribution is 6.25. The summed E-state index contributed by atoms with van der Waals surface area (Å²) in [6, 6.07) is 15.2. The lowest BCUT2D eigenvalue weighted by molar-refractivity contribution is -0.140. The molecule has 0 radical (unpaired) electrons. The van der Waals surface area contributed by atoms with Crippen LogP contribution in [0.4, 0.5) is 27.3 Å². The predicted octanol–water partition coefficient (Wildman–Crippen LogP) is 8.15. The lowest BCUT2D eigenvalue weighted by Crippen LogP contribution is -2.58. The van der Waals surface area contributed by atoms with Crippen molar-refractivity contribution in [1.29, 1.82) is 0 Å². The number of carbonyl (C=O) groups excluding carboxylic acids is 8. The molecule has 1 spiro atoms. The second-order valence-corrected chi connectivity index (χ2v) is 26.2. The molecular formula is C66H77FN12O8. The minimum absolute atomic E-state index is 0.00219. The van der Waals surface area contributed by atoms with Crippen molar-refractivity contribution in [1.82, 2.24) is 44.8 Å². The number of piperidine rings is 3. The van der Waals surface area contributed by atoms with Crippen LogP contribution in [-0.2, 0) is 29.4 Å². The normalized spacial score (nSPS) is 24.7. The Kier molecular flexibility index (Phi) is 15.3. The van der Waals surface area contributed by atoms with Crippen LogP contribution in [0.2, 0.25) is 0 Å². The van der Waals surface area contributed by atoms with E-state index in [-0.39, 0.29) is 89.3 Å². The van der Waals surface area contributed by atoms with Gasteiger partial charge in [-0.25, -0.2) is 14.4 Å². The van der Waals surface area contributed by atoms with Gasteiger partial charge in [-0.05, 0) is 172 Å². The highest BCUT2D eigenvalue weighted by Gasteiger charge is 2.56. The number of imidazole rings is 1.